The summed E-state index contributed by atoms with van der Waals surface area (Å²) in [4.78, 5) is 42.0. The van der Waals surface area contributed by atoms with E-state index >= 15 is 0 Å². The monoisotopic (exact) mass is 385 g/mol. The van der Waals surface area contributed by atoms with E-state index in [1.807, 2.05) is 12.2 Å². The molecule has 5 heteroatoms. The molecule has 0 fully saturated rings. The van der Waals surface area contributed by atoms with E-state index in [4.69, 9.17) is 4.74 Å². The zero-order valence-electron chi connectivity index (χ0n) is 16.0. The number of fused-ring (bicyclic) bond motifs is 1. The predicted octanol–water partition coefficient (Wildman–Crippen LogP) is 4.41. The molecule has 0 saturated carbocycles. The third-order valence-corrected chi connectivity index (χ3v) is 5.07. The molecular formula is C24H19NO4. The fourth-order valence-corrected chi connectivity index (χ4v) is 3.43. The molecule has 0 atom stereocenters. The van der Waals surface area contributed by atoms with Gasteiger partial charge in [-0.3, -0.25) is 14.6 Å². The van der Waals surface area contributed by atoms with E-state index in [0.29, 0.717) is 39.3 Å². The van der Waals surface area contributed by atoms with Crippen LogP contribution in [-0.2, 0) is 11.2 Å². The number of rotatable bonds is 4. The van der Waals surface area contributed by atoms with Gasteiger partial charge in [-0.25, -0.2) is 4.79 Å². The van der Waals surface area contributed by atoms with Crippen LogP contribution in [0.3, 0.4) is 0 Å². The number of ether oxygens (including phenoxy) is 1. The molecule has 0 radical (unpaired) electrons. The summed E-state index contributed by atoms with van der Waals surface area (Å²) in [5.41, 5.74) is 2.68. The number of nitrogens with zero attached hydrogens (tertiary/aromatic N) is 1. The minimum absolute atomic E-state index is 0.135. The average Bonchev–Trinajstić information content (AvgIpc) is 2.76. The van der Waals surface area contributed by atoms with Crippen LogP contribution in [0.1, 0.15) is 56.5 Å². The van der Waals surface area contributed by atoms with Gasteiger partial charge in [0.2, 0.25) is 0 Å². The SMILES string of the molecule is CC1=C(Cc2ccc(C(=O)OC3=CCCC=C3)cn2)C(=O)c2ccccc2C1=O. The Morgan fingerprint density at radius 1 is 1.03 bits per heavy atom. The lowest BCUT2D eigenvalue weighted by Gasteiger charge is -2.18. The number of ketones is 2. The van der Waals surface area contributed by atoms with E-state index in [1.165, 1.54) is 6.20 Å². The Kier molecular flexibility index (Phi) is 5.04. The van der Waals surface area contributed by atoms with Gasteiger partial charge in [-0.15, -0.1) is 0 Å². The second kappa shape index (κ2) is 7.80. The van der Waals surface area contributed by atoms with E-state index < -0.39 is 5.97 Å². The molecule has 0 unspecified atom stereocenters. The molecule has 29 heavy (non-hydrogen) atoms. The van der Waals surface area contributed by atoms with Gasteiger partial charge in [0.25, 0.3) is 0 Å². The third kappa shape index (κ3) is 3.72. The molecule has 0 saturated heterocycles. The topological polar surface area (TPSA) is 73.3 Å². The quantitative estimate of drug-likeness (QED) is 0.729. The van der Waals surface area contributed by atoms with Gasteiger partial charge in [0.05, 0.1) is 5.56 Å². The summed E-state index contributed by atoms with van der Waals surface area (Å²) >= 11 is 0. The summed E-state index contributed by atoms with van der Waals surface area (Å²) in [6, 6.07) is 10.1. The van der Waals surface area contributed by atoms with Crippen molar-refractivity contribution in [3.63, 3.8) is 0 Å². The maximum Gasteiger partial charge on any atom is 0.345 e. The van der Waals surface area contributed by atoms with E-state index in [0.717, 1.165) is 12.8 Å². The second-order valence-electron chi connectivity index (χ2n) is 7.00. The first-order valence-electron chi connectivity index (χ1n) is 9.46. The lowest BCUT2D eigenvalue weighted by atomic mass is 9.83. The Morgan fingerprint density at radius 2 is 1.79 bits per heavy atom. The first kappa shape index (κ1) is 18.7. The molecule has 5 nitrogen and oxygen atoms in total. The van der Waals surface area contributed by atoms with Crippen molar-refractivity contribution in [1.29, 1.82) is 0 Å². The Morgan fingerprint density at radius 3 is 2.45 bits per heavy atom. The van der Waals surface area contributed by atoms with Crippen molar-refractivity contribution in [2.75, 3.05) is 0 Å². The highest BCUT2D eigenvalue weighted by molar-refractivity contribution is 6.26. The van der Waals surface area contributed by atoms with Crippen LogP contribution in [0.15, 0.2) is 77.7 Å². The highest BCUT2D eigenvalue weighted by Crippen LogP contribution is 2.28. The highest BCUT2D eigenvalue weighted by Gasteiger charge is 2.29. The Balaban J connectivity index is 1.52. The van der Waals surface area contributed by atoms with E-state index in [9.17, 15) is 14.4 Å². The number of hydrogen-bond donors (Lipinski definition) is 0. The van der Waals surface area contributed by atoms with Crippen molar-refractivity contribution < 1.29 is 19.1 Å². The fraction of sp³-hybridized carbons (Fsp3) is 0.167. The van der Waals surface area contributed by atoms with Crippen molar-refractivity contribution in [2.45, 2.75) is 26.2 Å². The van der Waals surface area contributed by atoms with Gasteiger partial charge in [-0.05, 0) is 44.1 Å². The smallest absolute Gasteiger partial charge is 0.345 e. The van der Waals surface area contributed by atoms with E-state index in [-0.39, 0.29) is 18.0 Å². The first-order valence-corrected chi connectivity index (χ1v) is 9.46. The standard InChI is InChI=1S/C24H19NO4/c1-15-21(23(27)20-10-6-5-9-19(20)22(15)26)13-17-12-11-16(14-25-17)24(28)29-18-7-3-2-4-8-18/h3,5-12,14H,2,4,13H2,1H3. The summed E-state index contributed by atoms with van der Waals surface area (Å²) in [7, 11) is 0. The van der Waals surface area contributed by atoms with Crippen molar-refractivity contribution >= 4 is 17.5 Å². The van der Waals surface area contributed by atoms with Gasteiger partial charge in [0.1, 0.15) is 5.76 Å². The van der Waals surface area contributed by atoms with Crippen LogP contribution in [0.2, 0.25) is 0 Å². The van der Waals surface area contributed by atoms with Crippen molar-refractivity contribution in [3.8, 4) is 0 Å². The minimum Gasteiger partial charge on any atom is -0.423 e. The summed E-state index contributed by atoms with van der Waals surface area (Å²) in [6.07, 6.45) is 9.07. The van der Waals surface area contributed by atoms with Gasteiger partial charge >= 0.3 is 5.97 Å². The molecule has 0 spiro atoms. The molecule has 144 valence electrons. The molecule has 2 aliphatic carbocycles. The number of benzene rings is 1. The molecule has 0 amide bonds. The predicted molar refractivity (Wildman–Crippen MR) is 108 cm³/mol. The number of aromatic nitrogens is 1. The normalized spacial score (nSPS) is 15.8. The Hall–Kier alpha value is -3.60. The van der Waals surface area contributed by atoms with Crippen LogP contribution in [0.4, 0.5) is 0 Å². The fourth-order valence-electron chi connectivity index (χ4n) is 3.43. The van der Waals surface area contributed by atoms with Crippen LogP contribution < -0.4 is 0 Å². The van der Waals surface area contributed by atoms with Crippen LogP contribution in [0.25, 0.3) is 0 Å². The number of pyridine rings is 1. The van der Waals surface area contributed by atoms with Gasteiger partial charge in [-0.2, -0.15) is 0 Å². The Labute approximate surface area is 168 Å². The number of Topliss-reactive ketones (excluding diaryl/α,β-unsaturated/α-hetero) is 2. The summed E-state index contributed by atoms with van der Waals surface area (Å²) < 4.78 is 5.34. The molecule has 1 aromatic carbocycles. The maximum absolute atomic E-state index is 12.8. The first-order chi connectivity index (χ1) is 14.0. The maximum atomic E-state index is 12.8. The van der Waals surface area contributed by atoms with Gasteiger partial charge < -0.3 is 4.74 Å². The molecular weight excluding hydrogens is 366 g/mol. The molecule has 0 N–H and O–H groups in total. The molecule has 0 bridgehead atoms. The van der Waals surface area contributed by atoms with Crippen molar-refractivity contribution in [2.24, 2.45) is 0 Å². The molecule has 4 rings (SSSR count). The number of esters is 1. The zero-order valence-corrected chi connectivity index (χ0v) is 16.0. The van der Waals surface area contributed by atoms with E-state index in [1.54, 1.807) is 49.4 Å². The van der Waals surface area contributed by atoms with E-state index in [2.05, 4.69) is 4.98 Å². The lowest BCUT2D eigenvalue weighted by molar-refractivity contribution is 0.0634. The number of carbonyl (C=O) groups is 3. The summed E-state index contributed by atoms with van der Waals surface area (Å²) in [5, 5.41) is 0. The molecule has 1 aromatic heterocycles. The number of hydrogen-bond acceptors (Lipinski definition) is 5. The van der Waals surface area contributed by atoms with Gasteiger partial charge in [0, 0.05) is 40.6 Å². The lowest BCUT2D eigenvalue weighted by Crippen LogP contribution is -2.22. The highest BCUT2D eigenvalue weighted by atomic mass is 16.5. The van der Waals surface area contributed by atoms with Crippen LogP contribution in [0.5, 0.6) is 0 Å². The second-order valence-corrected chi connectivity index (χ2v) is 7.00. The average molecular weight is 385 g/mol. The van der Waals surface area contributed by atoms with Gasteiger partial charge in [-0.1, -0.05) is 30.3 Å². The third-order valence-electron chi connectivity index (χ3n) is 5.07. The largest absolute Gasteiger partial charge is 0.423 e. The molecule has 2 aromatic rings. The molecule has 1 heterocycles. The molecule has 0 aliphatic heterocycles. The van der Waals surface area contributed by atoms with Crippen molar-refractivity contribution in [1.82, 2.24) is 4.98 Å². The number of allylic oxidation sites excluding steroid dienone is 5. The Bertz CT molecular complexity index is 1100. The summed E-state index contributed by atoms with van der Waals surface area (Å²) in [6.45, 7) is 1.67. The zero-order chi connectivity index (χ0) is 20.4. The van der Waals surface area contributed by atoms with Crippen molar-refractivity contribution in [3.05, 3.63) is 100 Å². The molecule has 2 aliphatic rings. The number of carbonyl (C=O) groups excluding carboxylic acids is 3. The minimum atomic E-state index is -0.477. The van der Waals surface area contributed by atoms with Crippen LogP contribution in [0, 0.1) is 0 Å². The summed E-state index contributed by atoms with van der Waals surface area (Å²) in [5.74, 6) is -0.227. The van der Waals surface area contributed by atoms with Crippen LogP contribution >= 0.6 is 0 Å². The van der Waals surface area contributed by atoms with Crippen LogP contribution in [-0.4, -0.2) is 22.5 Å². The van der Waals surface area contributed by atoms with Gasteiger partial charge in [0.15, 0.2) is 11.6 Å².